The second-order valence-electron chi connectivity index (χ2n) is 4.53. The minimum Gasteiger partial charge on any atom is -0.508 e. The van der Waals surface area contributed by atoms with Crippen LogP contribution in [0.4, 0.5) is 0 Å². The Morgan fingerprint density at radius 3 is 2.18 bits per heavy atom. The van der Waals surface area contributed by atoms with Gasteiger partial charge in [0.25, 0.3) is 0 Å². The van der Waals surface area contributed by atoms with Crippen LogP contribution < -0.4 is 4.52 Å². The molecule has 0 saturated heterocycles. The van der Waals surface area contributed by atoms with Gasteiger partial charge in [-0.3, -0.25) is 14.6 Å². The number of carbonyl (C=O) groups is 1. The summed E-state index contributed by atoms with van der Waals surface area (Å²) in [5, 5.41) is 18.6. The molecule has 7 nitrogen and oxygen atoms in total. The molecular formula is C14H13O7P. The summed E-state index contributed by atoms with van der Waals surface area (Å²) in [5.41, 5.74) is 0.449. The zero-order valence-electron chi connectivity index (χ0n) is 11.2. The maximum atomic E-state index is 12.3. The summed E-state index contributed by atoms with van der Waals surface area (Å²) in [6.07, 6.45) is -0.0821. The average molecular weight is 324 g/mol. The maximum Gasteiger partial charge on any atom is 0.524 e. The van der Waals surface area contributed by atoms with Crippen molar-refractivity contribution in [1.82, 2.24) is 0 Å². The standard InChI is InChI=1S/C14H13O7P/c15-10-3-1-9(2-4-10)7-13(17)12-8-11(16)5-6-14(12)21-22(18,19)20/h1-6,8,15-16H,7H2,(H2,18,19,20). The number of phenols is 2. The van der Waals surface area contributed by atoms with Crippen molar-refractivity contribution in [3.8, 4) is 17.2 Å². The monoisotopic (exact) mass is 324 g/mol. The number of phosphoric acid groups is 1. The van der Waals surface area contributed by atoms with Gasteiger partial charge in [0.2, 0.25) is 0 Å². The molecule has 8 heteroatoms. The first-order valence-electron chi connectivity index (χ1n) is 6.14. The Balaban J connectivity index is 2.29. The molecule has 2 aromatic rings. The molecule has 0 spiro atoms. The molecule has 0 aliphatic heterocycles. The lowest BCUT2D eigenvalue weighted by molar-refractivity contribution is 0.0990. The van der Waals surface area contributed by atoms with Gasteiger partial charge in [-0.2, -0.15) is 0 Å². The Bertz CT molecular complexity index is 733. The van der Waals surface area contributed by atoms with Gasteiger partial charge in [0.1, 0.15) is 17.2 Å². The molecule has 2 aromatic carbocycles. The van der Waals surface area contributed by atoms with Crippen molar-refractivity contribution in [1.29, 1.82) is 0 Å². The summed E-state index contributed by atoms with van der Waals surface area (Å²) >= 11 is 0. The van der Waals surface area contributed by atoms with Crippen LogP contribution in [-0.2, 0) is 11.0 Å². The van der Waals surface area contributed by atoms with Crippen molar-refractivity contribution in [2.24, 2.45) is 0 Å². The van der Waals surface area contributed by atoms with Crippen LogP contribution in [0, 0.1) is 0 Å². The van der Waals surface area contributed by atoms with E-state index in [9.17, 15) is 19.6 Å². The molecule has 0 atom stereocenters. The van der Waals surface area contributed by atoms with E-state index in [1.807, 2.05) is 0 Å². The molecule has 116 valence electrons. The second-order valence-corrected chi connectivity index (χ2v) is 5.69. The van der Waals surface area contributed by atoms with Crippen LogP contribution in [0.15, 0.2) is 42.5 Å². The Morgan fingerprint density at radius 2 is 1.59 bits per heavy atom. The Labute approximate surface area is 125 Å². The van der Waals surface area contributed by atoms with E-state index in [0.717, 1.165) is 18.2 Å². The van der Waals surface area contributed by atoms with Crippen LogP contribution in [0.5, 0.6) is 17.2 Å². The third-order valence-electron chi connectivity index (χ3n) is 2.78. The fourth-order valence-corrected chi connectivity index (χ4v) is 2.25. The van der Waals surface area contributed by atoms with Gasteiger partial charge < -0.3 is 14.7 Å². The van der Waals surface area contributed by atoms with Crippen LogP contribution in [0.1, 0.15) is 15.9 Å². The Hall–Kier alpha value is -2.34. The third-order valence-corrected chi connectivity index (χ3v) is 3.22. The smallest absolute Gasteiger partial charge is 0.508 e. The second kappa shape index (κ2) is 6.19. The van der Waals surface area contributed by atoms with E-state index < -0.39 is 13.6 Å². The van der Waals surface area contributed by atoms with Gasteiger partial charge in [0.05, 0.1) is 5.56 Å². The fraction of sp³-hybridized carbons (Fsp3) is 0.0714. The minimum absolute atomic E-state index is 0.0547. The van der Waals surface area contributed by atoms with Gasteiger partial charge in [-0.05, 0) is 35.9 Å². The van der Waals surface area contributed by atoms with E-state index in [1.54, 1.807) is 12.1 Å². The van der Waals surface area contributed by atoms with Crippen molar-refractivity contribution in [2.45, 2.75) is 6.42 Å². The van der Waals surface area contributed by atoms with E-state index in [0.29, 0.717) is 5.56 Å². The lowest BCUT2D eigenvalue weighted by Crippen LogP contribution is -2.06. The van der Waals surface area contributed by atoms with Crippen molar-refractivity contribution < 1.29 is 33.9 Å². The summed E-state index contributed by atoms with van der Waals surface area (Å²) in [7, 11) is -4.83. The predicted octanol–water partition coefficient (Wildman–Crippen LogP) is 1.99. The Morgan fingerprint density at radius 1 is 1.00 bits per heavy atom. The first kappa shape index (κ1) is 16.0. The maximum absolute atomic E-state index is 12.3. The van der Waals surface area contributed by atoms with Gasteiger partial charge in [0.15, 0.2) is 5.78 Å². The van der Waals surface area contributed by atoms with Crippen LogP contribution >= 0.6 is 7.82 Å². The quantitative estimate of drug-likeness (QED) is 0.489. The number of phosphoric ester groups is 1. The van der Waals surface area contributed by atoms with Gasteiger partial charge in [-0.1, -0.05) is 12.1 Å². The lowest BCUT2D eigenvalue weighted by Gasteiger charge is -2.11. The van der Waals surface area contributed by atoms with Gasteiger partial charge in [0, 0.05) is 6.42 Å². The van der Waals surface area contributed by atoms with E-state index in [-0.39, 0.29) is 29.2 Å². The first-order valence-corrected chi connectivity index (χ1v) is 7.67. The summed E-state index contributed by atoms with van der Waals surface area (Å²) < 4.78 is 15.4. The van der Waals surface area contributed by atoms with E-state index in [1.165, 1.54) is 12.1 Å². The molecule has 4 N–H and O–H groups in total. The molecule has 0 fully saturated rings. The number of rotatable bonds is 5. The van der Waals surface area contributed by atoms with Crippen LogP contribution in [0.3, 0.4) is 0 Å². The molecule has 0 heterocycles. The van der Waals surface area contributed by atoms with Crippen LogP contribution in [0.25, 0.3) is 0 Å². The van der Waals surface area contributed by atoms with Crippen molar-refractivity contribution in [3.63, 3.8) is 0 Å². The zero-order valence-corrected chi connectivity index (χ0v) is 12.1. The van der Waals surface area contributed by atoms with Crippen molar-refractivity contribution in [2.75, 3.05) is 0 Å². The third kappa shape index (κ3) is 4.33. The molecule has 0 aliphatic rings. The number of Topliss-reactive ketones (excluding diaryl/α,β-unsaturated/α-hetero) is 1. The minimum atomic E-state index is -4.83. The van der Waals surface area contributed by atoms with Crippen molar-refractivity contribution >= 4 is 13.6 Å². The molecule has 0 amide bonds. The highest BCUT2D eigenvalue weighted by Gasteiger charge is 2.22. The number of aromatic hydroxyl groups is 2. The number of carbonyl (C=O) groups excluding carboxylic acids is 1. The molecule has 0 saturated carbocycles. The molecule has 0 radical (unpaired) electrons. The van der Waals surface area contributed by atoms with Gasteiger partial charge >= 0.3 is 7.82 Å². The number of phenolic OH excluding ortho intramolecular Hbond substituents is 2. The highest BCUT2D eigenvalue weighted by atomic mass is 31.2. The van der Waals surface area contributed by atoms with Crippen LogP contribution in [0.2, 0.25) is 0 Å². The number of ketones is 1. The summed E-state index contributed by atoms with van der Waals surface area (Å²) in [6, 6.07) is 9.25. The number of hydrogen-bond donors (Lipinski definition) is 4. The molecule has 0 unspecified atom stereocenters. The van der Waals surface area contributed by atoms with Crippen LogP contribution in [-0.4, -0.2) is 25.8 Å². The molecule has 0 aromatic heterocycles. The largest absolute Gasteiger partial charge is 0.524 e. The van der Waals surface area contributed by atoms with E-state index in [4.69, 9.17) is 9.79 Å². The van der Waals surface area contributed by atoms with Gasteiger partial charge in [-0.15, -0.1) is 0 Å². The lowest BCUT2D eigenvalue weighted by atomic mass is 10.0. The van der Waals surface area contributed by atoms with Gasteiger partial charge in [-0.25, -0.2) is 4.57 Å². The van der Waals surface area contributed by atoms with E-state index in [2.05, 4.69) is 4.52 Å². The highest BCUT2D eigenvalue weighted by Crippen LogP contribution is 2.40. The topological polar surface area (TPSA) is 124 Å². The zero-order chi connectivity index (χ0) is 16.3. The normalized spacial score (nSPS) is 11.2. The van der Waals surface area contributed by atoms with E-state index >= 15 is 0 Å². The highest BCUT2D eigenvalue weighted by molar-refractivity contribution is 7.46. The molecule has 22 heavy (non-hydrogen) atoms. The SMILES string of the molecule is O=C(Cc1ccc(O)cc1)c1cc(O)ccc1OP(=O)(O)O. The summed E-state index contributed by atoms with van der Waals surface area (Å²) in [6.45, 7) is 0. The first-order chi connectivity index (χ1) is 10.2. The summed E-state index contributed by atoms with van der Waals surface area (Å²) in [4.78, 5) is 30.0. The summed E-state index contributed by atoms with van der Waals surface area (Å²) in [5.74, 6) is -0.980. The van der Waals surface area contributed by atoms with Crippen molar-refractivity contribution in [3.05, 3.63) is 53.6 Å². The molecular weight excluding hydrogens is 311 g/mol. The predicted molar refractivity (Wildman–Crippen MR) is 76.9 cm³/mol. The molecule has 0 bridgehead atoms. The average Bonchev–Trinajstić information content (AvgIpc) is 2.42. The molecule has 2 rings (SSSR count). The fourth-order valence-electron chi connectivity index (χ4n) is 1.84. The molecule has 0 aliphatic carbocycles. The number of hydrogen-bond acceptors (Lipinski definition) is 5. The number of benzene rings is 2. The Kier molecular flexibility index (Phi) is 4.51.